The highest BCUT2D eigenvalue weighted by molar-refractivity contribution is 9.10. The number of nitrogens with zero attached hydrogens (tertiary/aromatic N) is 1. The van der Waals surface area contributed by atoms with E-state index in [1.165, 1.54) is 0 Å². The van der Waals surface area contributed by atoms with Crippen LogP contribution in [0, 0.1) is 0 Å². The molecule has 1 heterocycles. The molecule has 1 aromatic rings. The predicted octanol–water partition coefficient (Wildman–Crippen LogP) is 2.85. The van der Waals surface area contributed by atoms with E-state index in [4.69, 9.17) is 4.74 Å². The Morgan fingerprint density at radius 3 is 3.00 bits per heavy atom. The number of rotatable bonds is 3. The predicted molar refractivity (Wildman–Crippen MR) is 52.6 cm³/mol. The van der Waals surface area contributed by atoms with E-state index in [-0.39, 0.29) is 0 Å². The third kappa shape index (κ3) is 3.05. The fourth-order valence-corrected chi connectivity index (χ4v) is 0.943. The molecule has 0 radical (unpaired) electrons. The molecule has 0 atom stereocenters. The van der Waals surface area contributed by atoms with Crippen LogP contribution >= 0.6 is 15.9 Å². The topological polar surface area (TPSA) is 22.1 Å². The molecule has 0 aliphatic carbocycles. The zero-order valence-corrected chi connectivity index (χ0v) is 8.41. The fraction of sp³-hybridized carbons (Fsp3) is 0.222. The highest BCUT2D eigenvalue weighted by Gasteiger charge is 1.87. The molecule has 0 bridgehead atoms. The molecule has 0 aliphatic rings. The summed E-state index contributed by atoms with van der Waals surface area (Å²) >= 11 is 3.26. The van der Waals surface area contributed by atoms with E-state index >= 15 is 0 Å². The lowest BCUT2D eigenvalue weighted by Crippen LogP contribution is -1.79. The maximum atomic E-state index is 5.05. The minimum Gasteiger partial charge on any atom is -0.501 e. The number of aromatic nitrogens is 1. The second-order valence-corrected chi connectivity index (χ2v) is 2.98. The largest absolute Gasteiger partial charge is 0.501 e. The van der Waals surface area contributed by atoms with Gasteiger partial charge in [0.2, 0.25) is 0 Å². The number of halogens is 1. The Morgan fingerprint density at radius 1 is 1.58 bits per heavy atom. The SMILES string of the molecule is CCO/C=C/c1ccc(Br)nc1. The summed E-state index contributed by atoms with van der Waals surface area (Å²) in [5.74, 6) is 0. The zero-order valence-electron chi connectivity index (χ0n) is 6.83. The van der Waals surface area contributed by atoms with Crippen molar-refractivity contribution in [2.24, 2.45) is 0 Å². The van der Waals surface area contributed by atoms with Gasteiger partial charge >= 0.3 is 0 Å². The molecule has 0 aliphatic heterocycles. The van der Waals surface area contributed by atoms with E-state index in [9.17, 15) is 0 Å². The molecule has 0 saturated heterocycles. The van der Waals surface area contributed by atoms with Crippen molar-refractivity contribution < 1.29 is 4.74 Å². The van der Waals surface area contributed by atoms with Gasteiger partial charge in [-0.05, 0) is 40.6 Å². The van der Waals surface area contributed by atoms with Crippen molar-refractivity contribution in [2.45, 2.75) is 6.92 Å². The number of ether oxygens (including phenoxy) is 1. The first-order chi connectivity index (χ1) is 5.83. The first-order valence-electron chi connectivity index (χ1n) is 3.72. The van der Waals surface area contributed by atoms with Crippen LogP contribution in [0.2, 0.25) is 0 Å². The molecule has 64 valence electrons. The van der Waals surface area contributed by atoms with Crippen LogP contribution in [0.3, 0.4) is 0 Å². The first kappa shape index (κ1) is 9.26. The van der Waals surface area contributed by atoms with E-state index in [0.29, 0.717) is 6.61 Å². The molecule has 0 N–H and O–H groups in total. The van der Waals surface area contributed by atoms with Gasteiger partial charge in [0, 0.05) is 6.20 Å². The van der Waals surface area contributed by atoms with E-state index in [2.05, 4.69) is 20.9 Å². The molecule has 1 rings (SSSR count). The first-order valence-corrected chi connectivity index (χ1v) is 4.52. The Labute approximate surface area is 80.4 Å². The minimum atomic E-state index is 0.695. The number of hydrogen-bond acceptors (Lipinski definition) is 2. The van der Waals surface area contributed by atoms with Gasteiger partial charge in [-0.2, -0.15) is 0 Å². The number of pyridine rings is 1. The van der Waals surface area contributed by atoms with Crippen LogP contribution in [0.4, 0.5) is 0 Å². The summed E-state index contributed by atoms with van der Waals surface area (Å²) in [6.07, 6.45) is 5.33. The van der Waals surface area contributed by atoms with E-state index in [1.54, 1.807) is 12.5 Å². The van der Waals surface area contributed by atoms with Crippen molar-refractivity contribution in [3.05, 3.63) is 34.8 Å². The van der Waals surface area contributed by atoms with Crippen LogP contribution < -0.4 is 0 Å². The van der Waals surface area contributed by atoms with Gasteiger partial charge in [0.1, 0.15) is 4.60 Å². The van der Waals surface area contributed by atoms with E-state index in [1.807, 2.05) is 25.1 Å². The van der Waals surface area contributed by atoms with Crippen molar-refractivity contribution in [1.82, 2.24) is 4.98 Å². The second kappa shape index (κ2) is 4.93. The fourth-order valence-electron chi connectivity index (χ4n) is 0.709. The number of hydrogen-bond donors (Lipinski definition) is 0. The smallest absolute Gasteiger partial charge is 0.106 e. The summed E-state index contributed by atoms with van der Waals surface area (Å²) < 4.78 is 5.89. The molecule has 1 aromatic heterocycles. The van der Waals surface area contributed by atoms with Crippen LogP contribution in [0.25, 0.3) is 6.08 Å². The van der Waals surface area contributed by atoms with E-state index in [0.717, 1.165) is 10.2 Å². The van der Waals surface area contributed by atoms with Gasteiger partial charge in [-0.25, -0.2) is 4.98 Å². The quantitative estimate of drug-likeness (QED) is 0.586. The highest BCUT2D eigenvalue weighted by atomic mass is 79.9. The van der Waals surface area contributed by atoms with Gasteiger partial charge in [0.15, 0.2) is 0 Å². The van der Waals surface area contributed by atoms with Crippen LogP contribution in [0.5, 0.6) is 0 Å². The average molecular weight is 228 g/mol. The van der Waals surface area contributed by atoms with Crippen molar-refractivity contribution >= 4 is 22.0 Å². The van der Waals surface area contributed by atoms with Crippen LogP contribution in [-0.4, -0.2) is 11.6 Å². The van der Waals surface area contributed by atoms with Crippen LogP contribution in [-0.2, 0) is 4.74 Å². The molecule has 2 nitrogen and oxygen atoms in total. The van der Waals surface area contributed by atoms with Gasteiger partial charge in [0.05, 0.1) is 12.9 Å². The van der Waals surface area contributed by atoms with Gasteiger partial charge in [0.25, 0.3) is 0 Å². The summed E-state index contributed by atoms with van der Waals surface area (Å²) in [5.41, 5.74) is 1.03. The van der Waals surface area contributed by atoms with Gasteiger partial charge in [-0.15, -0.1) is 0 Å². The molecule has 0 aromatic carbocycles. The van der Waals surface area contributed by atoms with Crippen LogP contribution in [0.15, 0.2) is 29.2 Å². The lowest BCUT2D eigenvalue weighted by Gasteiger charge is -1.94. The molecule has 12 heavy (non-hydrogen) atoms. The molecular weight excluding hydrogens is 218 g/mol. The van der Waals surface area contributed by atoms with Crippen molar-refractivity contribution in [3.8, 4) is 0 Å². The van der Waals surface area contributed by atoms with E-state index < -0.39 is 0 Å². The molecular formula is C9H10BrNO. The summed E-state index contributed by atoms with van der Waals surface area (Å²) in [4.78, 5) is 4.07. The monoisotopic (exact) mass is 227 g/mol. The molecule has 0 spiro atoms. The summed E-state index contributed by atoms with van der Waals surface area (Å²) in [5, 5.41) is 0. The molecule has 0 amide bonds. The van der Waals surface area contributed by atoms with Gasteiger partial charge in [-0.3, -0.25) is 0 Å². The molecule has 0 fully saturated rings. The minimum absolute atomic E-state index is 0.695. The third-order valence-corrected chi connectivity index (χ3v) is 1.74. The Kier molecular flexibility index (Phi) is 3.80. The van der Waals surface area contributed by atoms with Crippen molar-refractivity contribution in [2.75, 3.05) is 6.61 Å². The van der Waals surface area contributed by atoms with Gasteiger partial charge in [-0.1, -0.05) is 6.07 Å². The normalized spacial score (nSPS) is 10.5. The Hall–Kier alpha value is -0.830. The van der Waals surface area contributed by atoms with Crippen molar-refractivity contribution in [1.29, 1.82) is 0 Å². The average Bonchev–Trinajstić information content (AvgIpc) is 2.09. The van der Waals surface area contributed by atoms with Gasteiger partial charge < -0.3 is 4.74 Å². The summed E-state index contributed by atoms with van der Waals surface area (Å²) in [6, 6.07) is 3.86. The second-order valence-electron chi connectivity index (χ2n) is 2.17. The maximum Gasteiger partial charge on any atom is 0.106 e. The molecule has 0 unspecified atom stereocenters. The lowest BCUT2D eigenvalue weighted by atomic mass is 10.3. The Bertz CT molecular complexity index is 256. The Morgan fingerprint density at radius 2 is 2.42 bits per heavy atom. The maximum absolute atomic E-state index is 5.05. The standard InChI is InChI=1S/C9H10BrNO/c1-2-12-6-5-8-3-4-9(10)11-7-8/h3-7H,2H2,1H3/b6-5+. The van der Waals surface area contributed by atoms with Crippen molar-refractivity contribution in [3.63, 3.8) is 0 Å². The third-order valence-electron chi connectivity index (χ3n) is 1.27. The zero-order chi connectivity index (χ0) is 8.81. The lowest BCUT2D eigenvalue weighted by molar-refractivity contribution is 0.272. The Balaban J connectivity index is 2.58. The summed E-state index contributed by atoms with van der Waals surface area (Å²) in [6.45, 7) is 2.64. The highest BCUT2D eigenvalue weighted by Crippen LogP contribution is 2.07. The van der Waals surface area contributed by atoms with Crippen LogP contribution in [0.1, 0.15) is 12.5 Å². The molecule has 0 saturated carbocycles. The molecule has 3 heteroatoms. The summed E-state index contributed by atoms with van der Waals surface area (Å²) in [7, 11) is 0.